The molecule has 11 heteroatoms. The summed E-state index contributed by atoms with van der Waals surface area (Å²) in [5.41, 5.74) is 0.729. The predicted molar refractivity (Wildman–Crippen MR) is 101 cm³/mol. The maximum Gasteiger partial charge on any atom is 0.372 e. The van der Waals surface area contributed by atoms with Gasteiger partial charge >= 0.3 is 11.9 Å². The number of β-amino-alcohol motifs (C(OH)–C–C–N with tert-alkyl or cyclic N) is 1. The molecule has 1 fully saturated rings. The van der Waals surface area contributed by atoms with E-state index >= 15 is 0 Å². The second-order valence-electron chi connectivity index (χ2n) is 6.13. The number of nitrogens with zero attached hydrogens (tertiary/aromatic N) is 1. The number of aromatic nitrogens is 2. The number of carboxylic acid groups (broad SMARTS) is 1. The molecule has 148 valence electrons. The van der Waals surface area contributed by atoms with Gasteiger partial charge in [-0.2, -0.15) is 0 Å². The number of aliphatic hydroxyl groups is 1. The highest BCUT2D eigenvalue weighted by Crippen LogP contribution is 2.34. The predicted octanol–water partition coefficient (Wildman–Crippen LogP) is 0.475. The van der Waals surface area contributed by atoms with E-state index in [4.69, 9.17) is 10.2 Å². The van der Waals surface area contributed by atoms with E-state index < -0.39 is 12.1 Å². The third-order valence-corrected chi connectivity index (χ3v) is 5.56. The number of carbonyl (C=O) groups excluding carboxylic acids is 1. The Hall–Kier alpha value is -2.01. The fourth-order valence-electron chi connectivity index (χ4n) is 3.14. The van der Waals surface area contributed by atoms with Gasteiger partial charge in [-0.1, -0.05) is 0 Å². The van der Waals surface area contributed by atoms with Crippen molar-refractivity contribution in [1.29, 1.82) is 0 Å². The third kappa shape index (κ3) is 4.46. The van der Waals surface area contributed by atoms with Crippen LogP contribution in [0.15, 0.2) is 4.79 Å². The number of aliphatic hydroxyl groups excluding tert-OH is 1. The van der Waals surface area contributed by atoms with Crippen LogP contribution in [-0.2, 0) is 22.4 Å². The van der Waals surface area contributed by atoms with Gasteiger partial charge in [0, 0.05) is 17.8 Å². The first-order valence-corrected chi connectivity index (χ1v) is 8.99. The van der Waals surface area contributed by atoms with Crippen LogP contribution >= 0.6 is 23.7 Å². The van der Waals surface area contributed by atoms with Gasteiger partial charge < -0.3 is 25.3 Å². The largest absolute Gasteiger partial charge is 0.475 e. The minimum absolute atomic E-state index is 0. The van der Waals surface area contributed by atoms with Gasteiger partial charge in [0.2, 0.25) is 5.82 Å². The summed E-state index contributed by atoms with van der Waals surface area (Å²) in [6, 6.07) is -0.306. The number of ether oxygens (including phenoxy) is 1. The molecule has 3 heterocycles. The van der Waals surface area contributed by atoms with Crippen molar-refractivity contribution in [2.75, 3.05) is 13.7 Å². The number of carbonyl (C=O) groups is 2. The van der Waals surface area contributed by atoms with Gasteiger partial charge in [0.15, 0.2) is 0 Å². The van der Waals surface area contributed by atoms with E-state index in [2.05, 4.69) is 20.0 Å². The highest BCUT2D eigenvalue weighted by atomic mass is 35.5. The number of rotatable bonds is 2. The second-order valence-corrected chi connectivity index (χ2v) is 7.21. The van der Waals surface area contributed by atoms with Crippen LogP contribution < -0.4 is 10.9 Å². The number of hydrogen-bond donors (Lipinski definition) is 4. The van der Waals surface area contributed by atoms with Gasteiger partial charge in [-0.15, -0.1) is 23.7 Å². The topological polar surface area (TPSA) is 142 Å². The lowest BCUT2D eigenvalue weighted by atomic mass is 10.2. The highest BCUT2D eigenvalue weighted by molar-refractivity contribution is 7.18. The van der Waals surface area contributed by atoms with Crippen LogP contribution in [0, 0.1) is 0 Å². The van der Waals surface area contributed by atoms with E-state index in [0.29, 0.717) is 23.2 Å². The molecule has 2 aromatic rings. The number of methoxy groups -OCH3 is 1. The highest BCUT2D eigenvalue weighted by Gasteiger charge is 2.28. The van der Waals surface area contributed by atoms with Crippen molar-refractivity contribution in [3.05, 3.63) is 26.6 Å². The van der Waals surface area contributed by atoms with Crippen molar-refractivity contribution in [3.8, 4) is 0 Å². The number of aromatic amines is 1. The minimum atomic E-state index is -1.20. The summed E-state index contributed by atoms with van der Waals surface area (Å²) in [5.74, 6) is -1.78. The lowest BCUT2D eigenvalue weighted by molar-refractivity contribution is -0.142. The molecule has 4 rings (SSSR count). The Morgan fingerprint density at radius 2 is 2.07 bits per heavy atom. The van der Waals surface area contributed by atoms with Gasteiger partial charge in [0.1, 0.15) is 10.9 Å². The molecular formula is C16H20ClN3O6S. The van der Waals surface area contributed by atoms with Crippen molar-refractivity contribution < 1.29 is 24.5 Å². The molecule has 0 spiro atoms. The van der Waals surface area contributed by atoms with Crippen LogP contribution in [0.4, 0.5) is 0 Å². The monoisotopic (exact) mass is 417 g/mol. The second kappa shape index (κ2) is 8.79. The van der Waals surface area contributed by atoms with E-state index in [9.17, 15) is 14.4 Å². The summed E-state index contributed by atoms with van der Waals surface area (Å²) in [5, 5.41) is 21.2. The maximum absolute atomic E-state index is 11.8. The van der Waals surface area contributed by atoms with Gasteiger partial charge in [-0.05, 0) is 24.8 Å². The molecule has 4 N–H and O–H groups in total. The van der Waals surface area contributed by atoms with Crippen molar-refractivity contribution in [1.82, 2.24) is 15.3 Å². The number of esters is 1. The van der Waals surface area contributed by atoms with Crippen molar-refractivity contribution in [3.63, 3.8) is 0 Å². The molecule has 0 saturated carbocycles. The Morgan fingerprint density at radius 1 is 1.33 bits per heavy atom. The molecule has 9 nitrogen and oxygen atoms in total. The molecule has 1 saturated heterocycles. The zero-order chi connectivity index (χ0) is 18.8. The number of fused-ring (bicyclic) bond motifs is 3. The molecule has 0 radical (unpaired) electrons. The lowest BCUT2D eigenvalue weighted by Gasteiger charge is -2.05. The van der Waals surface area contributed by atoms with Gasteiger partial charge in [0.25, 0.3) is 5.56 Å². The molecule has 1 aliphatic carbocycles. The van der Waals surface area contributed by atoms with E-state index in [1.165, 1.54) is 23.3 Å². The van der Waals surface area contributed by atoms with Crippen LogP contribution in [0.5, 0.6) is 0 Å². The average molecular weight is 418 g/mol. The Bertz CT molecular complexity index is 911. The number of aromatic carboxylic acids is 1. The van der Waals surface area contributed by atoms with Crippen molar-refractivity contribution in [2.24, 2.45) is 0 Å². The standard InChI is InChI=1S/C10H8N2O3S.C6H11NO3.ClH/c13-8-6-4-2-1-3-5(4)16-9(6)12-7(11-8)10(14)15;1-10-6(9)5-2-4(8)3-7-5;/h1-3H2,(H,14,15)(H,11,12,13);4-5,7-8H,2-3H2,1H3;1H/t;4-,5+;/m.1./s1. The summed E-state index contributed by atoms with van der Waals surface area (Å²) in [6.45, 7) is 0.486. The summed E-state index contributed by atoms with van der Waals surface area (Å²) in [7, 11) is 1.34. The van der Waals surface area contributed by atoms with Gasteiger partial charge in [-0.25, -0.2) is 9.78 Å². The SMILES string of the molecule is COC(=O)[C@@H]1C[C@@H](O)CN1.Cl.O=C(O)c1nc2sc3c(c2c(=O)[nH]1)CCC3. The minimum Gasteiger partial charge on any atom is -0.475 e. The summed E-state index contributed by atoms with van der Waals surface area (Å²) >= 11 is 1.44. The molecule has 0 unspecified atom stereocenters. The average Bonchev–Trinajstić information content (AvgIpc) is 3.29. The van der Waals surface area contributed by atoms with Crippen molar-refractivity contribution >= 4 is 45.9 Å². The number of aryl methyl sites for hydroxylation is 2. The number of thiophene rings is 1. The summed E-state index contributed by atoms with van der Waals surface area (Å²) in [6.07, 6.45) is 3.00. The van der Waals surface area contributed by atoms with E-state index in [-0.39, 0.29) is 35.8 Å². The first-order chi connectivity index (χ1) is 12.4. The Labute approximate surface area is 164 Å². The number of H-pyrrole nitrogens is 1. The van der Waals surface area contributed by atoms with Gasteiger partial charge in [-0.3, -0.25) is 9.59 Å². The van der Waals surface area contributed by atoms with Crippen LogP contribution in [0.2, 0.25) is 0 Å². The lowest BCUT2D eigenvalue weighted by Crippen LogP contribution is -2.31. The zero-order valence-corrected chi connectivity index (χ0v) is 16.1. The Kier molecular flexibility index (Phi) is 6.93. The number of halogens is 1. The first kappa shape index (κ1) is 21.3. The van der Waals surface area contributed by atoms with E-state index in [1.807, 2.05) is 0 Å². The van der Waals surface area contributed by atoms with E-state index in [1.54, 1.807) is 0 Å². The smallest absolute Gasteiger partial charge is 0.372 e. The molecule has 2 aromatic heterocycles. The Morgan fingerprint density at radius 3 is 2.67 bits per heavy atom. The molecular weight excluding hydrogens is 398 g/mol. The molecule has 0 aromatic carbocycles. The quantitative estimate of drug-likeness (QED) is 0.517. The third-order valence-electron chi connectivity index (χ3n) is 4.37. The molecule has 2 atom stereocenters. The Balaban J connectivity index is 0.000000208. The molecule has 2 aliphatic rings. The maximum atomic E-state index is 11.8. The fourth-order valence-corrected chi connectivity index (χ4v) is 4.40. The number of nitrogens with one attached hydrogen (secondary N) is 2. The molecule has 0 amide bonds. The van der Waals surface area contributed by atoms with Gasteiger partial charge in [0.05, 0.1) is 18.6 Å². The van der Waals surface area contributed by atoms with Crippen LogP contribution in [0.3, 0.4) is 0 Å². The molecule has 27 heavy (non-hydrogen) atoms. The zero-order valence-electron chi connectivity index (χ0n) is 14.5. The first-order valence-electron chi connectivity index (χ1n) is 8.17. The van der Waals surface area contributed by atoms with Crippen LogP contribution in [0.25, 0.3) is 10.2 Å². The summed E-state index contributed by atoms with van der Waals surface area (Å²) in [4.78, 5) is 41.3. The molecule has 1 aliphatic heterocycles. The summed E-state index contributed by atoms with van der Waals surface area (Å²) < 4.78 is 4.47. The van der Waals surface area contributed by atoms with E-state index in [0.717, 1.165) is 24.8 Å². The van der Waals surface area contributed by atoms with Crippen molar-refractivity contribution in [2.45, 2.75) is 37.8 Å². The number of carboxylic acids is 1. The normalized spacial score (nSPS) is 20.4. The van der Waals surface area contributed by atoms with Crippen LogP contribution in [0.1, 0.15) is 33.9 Å². The molecule has 0 bridgehead atoms. The fraction of sp³-hybridized carbons (Fsp3) is 0.500. The van der Waals surface area contributed by atoms with Crippen LogP contribution in [-0.4, -0.2) is 57.9 Å². The number of hydrogen-bond acceptors (Lipinski definition) is 8.